The second-order valence-corrected chi connectivity index (χ2v) is 5.08. The summed E-state index contributed by atoms with van der Waals surface area (Å²) in [6, 6.07) is 8.21. The molecule has 0 fully saturated rings. The maximum atomic E-state index is 11.5. The minimum Gasteiger partial charge on any atom is -0.453 e. The van der Waals surface area contributed by atoms with E-state index < -0.39 is 6.09 Å². The fraction of sp³-hybridized carbons (Fsp3) is 0.385. The Hall–Kier alpha value is -1.53. The number of nitrogens with one attached hydrogen (secondary N) is 2. The van der Waals surface area contributed by atoms with Gasteiger partial charge >= 0.3 is 6.09 Å². The number of carbonyl (C=O) groups excluding carboxylic acids is 2. The quantitative estimate of drug-likeness (QED) is 0.763. The number of alkyl carbamates (subject to hydrolysis) is 1. The standard InChI is InChI=1S/C13H18N2O3S/c1-15(9-12(16)14-13(17)18-2)8-10-4-6-11(19-3)7-5-10/h4-7H,8-9H2,1-3H3,(H,14,16,17)/p+1. The Morgan fingerprint density at radius 3 is 2.47 bits per heavy atom. The predicted molar refractivity (Wildman–Crippen MR) is 74.2 cm³/mol. The molecule has 1 aromatic carbocycles. The summed E-state index contributed by atoms with van der Waals surface area (Å²) >= 11 is 1.69. The fourth-order valence-electron chi connectivity index (χ4n) is 1.64. The number of likely N-dealkylation sites (N-methyl/N-ethyl adjacent to an activating group) is 1. The highest BCUT2D eigenvalue weighted by molar-refractivity contribution is 7.98. The third-order valence-corrected chi connectivity index (χ3v) is 3.30. The van der Waals surface area contributed by atoms with Crippen molar-refractivity contribution in [1.82, 2.24) is 5.32 Å². The number of imide groups is 1. The van der Waals surface area contributed by atoms with Crippen LogP contribution in [0.5, 0.6) is 0 Å². The summed E-state index contributed by atoms with van der Waals surface area (Å²) in [5.74, 6) is -0.343. The molecule has 0 bridgehead atoms. The molecule has 1 atom stereocenters. The van der Waals surface area contributed by atoms with Gasteiger partial charge in [0, 0.05) is 10.5 Å². The van der Waals surface area contributed by atoms with Crippen LogP contribution in [0.2, 0.25) is 0 Å². The van der Waals surface area contributed by atoms with E-state index in [1.807, 2.05) is 25.4 Å². The molecule has 0 aliphatic carbocycles. The lowest BCUT2D eigenvalue weighted by molar-refractivity contribution is -0.885. The summed E-state index contributed by atoms with van der Waals surface area (Å²) in [6.45, 7) is 0.947. The van der Waals surface area contributed by atoms with Gasteiger partial charge in [0.2, 0.25) is 0 Å². The average Bonchev–Trinajstić information content (AvgIpc) is 2.39. The highest BCUT2D eigenvalue weighted by Crippen LogP contribution is 2.14. The van der Waals surface area contributed by atoms with Crippen molar-refractivity contribution in [2.45, 2.75) is 11.4 Å². The lowest BCUT2D eigenvalue weighted by Crippen LogP contribution is -3.08. The van der Waals surface area contributed by atoms with Gasteiger partial charge in [0.15, 0.2) is 6.54 Å². The van der Waals surface area contributed by atoms with Crippen LogP contribution in [0.1, 0.15) is 5.56 Å². The lowest BCUT2D eigenvalue weighted by atomic mass is 10.2. The first kappa shape index (κ1) is 15.5. The number of thioether (sulfide) groups is 1. The molecule has 104 valence electrons. The molecule has 0 saturated heterocycles. The normalized spacial score (nSPS) is 11.7. The van der Waals surface area contributed by atoms with Crippen LogP contribution in [0.15, 0.2) is 29.2 Å². The lowest BCUT2D eigenvalue weighted by Gasteiger charge is -2.13. The molecule has 1 unspecified atom stereocenters. The van der Waals surface area contributed by atoms with Gasteiger partial charge in [0.1, 0.15) is 6.54 Å². The molecule has 1 aromatic rings. The van der Waals surface area contributed by atoms with Crippen LogP contribution in [0.3, 0.4) is 0 Å². The van der Waals surface area contributed by atoms with Crippen LogP contribution in [-0.4, -0.2) is 39.0 Å². The van der Waals surface area contributed by atoms with Crippen molar-refractivity contribution < 1.29 is 19.2 Å². The Morgan fingerprint density at radius 2 is 1.95 bits per heavy atom. The van der Waals surface area contributed by atoms with E-state index >= 15 is 0 Å². The second kappa shape index (κ2) is 7.81. The first-order valence-corrected chi connectivity index (χ1v) is 7.09. The van der Waals surface area contributed by atoms with Gasteiger partial charge in [0.05, 0.1) is 14.2 Å². The first-order chi connectivity index (χ1) is 9.05. The molecule has 0 aliphatic heterocycles. The molecule has 0 saturated carbocycles. The van der Waals surface area contributed by atoms with Crippen molar-refractivity contribution in [3.8, 4) is 0 Å². The number of hydrogen-bond acceptors (Lipinski definition) is 4. The van der Waals surface area contributed by atoms with Gasteiger partial charge in [-0.25, -0.2) is 4.79 Å². The minimum absolute atomic E-state index is 0.222. The Kier molecular flexibility index (Phi) is 6.38. The van der Waals surface area contributed by atoms with Gasteiger partial charge in [-0.15, -0.1) is 11.8 Å². The van der Waals surface area contributed by atoms with Crippen LogP contribution < -0.4 is 10.2 Å². The zero-order valence-electron chi connectivity index (χ0n) is 11.4. The molecule has 19 heavy (non-hydrogen) atoms. The summed E-state index contributed by atoms with van der Waals surface area (Å²) in [7, 11) is 3.13. The maximum Gasteiger partial charge on any atom is 0.413 e. The molecule has 5 nitrogen and oxygen atoms in total. The minimum atomic E-state index is -0.720. The molecule has 0 heterocycles. The third kappa shape index (κ3) is 5.76. The molecule has 1 rings (SSSR count). The zero-order valence-corrected chi connectivity index (χ0v) is 12.2. The van der Waals surface area contributed by atoms with Crippen LogP contribution in [0.4, 0.5) is 4.79 Å². The summed E-state index contributed by atoms with van der Waals surface area (Å²) in [5.41, 5.74) is 1.15. The summed E-state index contributed by atoms with van der Waals surface area (Å²) in [6.07, 6.45) is 1.31. The number of amides is 2. The van der Waals surface area contributed by atoms with E-state index in [1.54, 1.807) is 11.8 Å². The van der Waals surface area contributed by atoms with Gasteiger partial charge in [-0.05, 0) is 18.4 Å². The van der Waals surface area contributed by atoms with Crippen molar-refractivity contribution in [3.63, 3.8) is 0 Å². The van der Waals surface area contributed by atoms with Gasteiger partial charge < -0.3 is 9.64 Å². The van der Waals surface area contributed by atoms with Crippen LogP contribution in [0, 0.1) is 0 Å². The van der Waals surface area contributed by atoms with Crippen molar-refractivity contribution in [2.75, 3.05) is 27.0 Å². The van der Waals surface area contributed by atoms with Gasteiger partial charge in [-0.2, -0.15) is 0 Å². The smallest absolute Gasteiger partial charge is 0.413 e. The van der Waals surface area contributed by atoms with Crippen LogP contribution in [-0.2, 0) is 16.1 Å². The monoisotopic (exact) mass is 283 g/mol. The number of hydrogen-bond donors (Lipinski definition) is 2. The van der Waals surface area contributed by atoms with E-state index in [4.69, 9.17) is 0 Å². The van der Waals surface area contributed by atoms with E-state index in [-0.39, 0.29) is 12.5 Å². The van der Waals surface area contributed by atoms with Gasteiger partial charge in [0.25, 0.3) is 5.91 Å². The highest BCUT2D eigenvalue weighted by atomic mass is 32.2. The Balaban J connectivity index is 2.43. The van der Waals surface area contributed by atoms with Crippen molar-refractivity contribution in [2.24, 2.45) is 0 Å². The molecule has 2 amide bonds. The van der Waals surface area contributed by atoms with Gasteiger partial charge in [-0.1, -0.05) is 12.1 Å². The van der Waals surface area contributed by atoms with E-state index in [9.17, 15) is 9.59 Å². The van der Waals surface area contributed by atoms with E-state index in [1.165, 1.54) is 12.0 Å². The van der Waals surface area contributed by atoms with Crippen LogP contribution >= 0.6 is 11.8 Å². The Bertz CT molecular complexity index is 434. The molecule has 0 radical (unpaired) electrons. The zero-order chi connectivity index (χ0) is 14.3. The number of carbonyl (C=O) groups is 2. The Labute approximate surface area is 117 Å². The molecular formula is C13H19N2O3S+. The van der Waals surface area contributed by atoms with Crippen molar-refractivity contribution in [3.05, 3.63) is 29.8 Å². The first-order valence-electron chi connectivity index (χ1n) is 5.87. The van der Waals surface area contributed by atoms with E-state index in [0.717, 1.165) is 17.0 Å². The number of benzene rings is 1. The largest absolute Gasteiger partial charge is 0.453 e. The number of ether oxygens (including phenoxy) is 1. The molecule has 0 aromatic heterocycles. The summed E-state index contributed by atoms with van der Waals surface area (Å²) in [5, 5.41) is 2.14. The summed E-state index contributed by atoms with van der Waals surface area (Å²) < 4.78 is 4.36. The van der Waals surface area contributed by atoms with E-state index in [2.05, 4.69) is 22.2 Å². The van der Waals surface area contributed by atoms with Gasteiger partial charge in [-0.3, -0.25) is 10.1 Å². The van der Waals surface area contributed by atoms with Crippen molar-refractivity contribution in [1.29, 1.82) is 0 Å². The fourth-order valence-corrected chi connectivity index (χ4v) is 2.05. The van der Waals surface area contributed by atoms with E-state index in [0.29, 0.717) is 0 Å². The maximum absolute atomic E-state index is 11.5. The number of methoxy groups -OCH3 is 1. The highest BCUT2D eigenvalue weighted by Gasteiger charge is 2.13. The second-order valence-electron chi connectivity index (χ2n) is 4.20. The molecule has 6 heteroatoms. The SMILES string of the molecule is COC(=O)NC(=O)C[NH+](C)Cc1ccc(SC)cc1. The van der Waals surface area contributed by atoms with Crippen LogP contribution in [0.25, 0.3) is 0 Å². The summed E-state index contributed by atoms with van der Waals surface area (Å²) in [4.78, 5) is 24.6. The Morgan fingerprint density at radius 1 is 1.32 bits per heavy atom. The predicted octanol–water partition coefficient (Wildman–Crippen LogP) is 0.306. The molecule has 0 spiro atoms. The van der Waals surface area contributed by atoms with Crippen molar-refractivity contribution >= 4 is 23.8 Å². The molecule has 2 N–H and O–H groups in total. The molecular weight excluding hydrogens is 264 g/mol. The topological polar surface area (TPSA) is 59.8 Å². The number of quaternary nitrogens is 1. The third-order valence-electron chi connectivity index (χ3n) is 2.55. The average molecular weight is 283 g/mol. The molecule has 0 aliphatic rings. The number of rotatable bonds is 5.